The van der Waals surface area contributed by atoms with E-state index in [1.165, 1.54) is 12.1 Å². The largest absolute Gasteiger partial charge is 0.370 e. The van der Waals surface area contributed by atoms with Gasteiger partial charge in [0.25, 0.3) is 5.69 Å². The van der Waals surface area contributed by atoms with Crippen LogP contribution in [0.5, 0.6) is 0 Å². The molecule has 118 valence electrons. The molecule has 0 fully saturated rings. The van der Waals surface area contributed by atoms with Gasteiger partial charge in [0.05, 0.1) is 22.8 Å². The SMILES string of the molecule is CCCNc1cc([N+](=O)[O-])cc(NC(C)CS(C)(=O)=O)n1. The zero-order valence-corrected chi connectivity index (χ0v) is 13.1. The number of aromatic nitrogens is 1. The van der Waals surface area contributed by atoms with Crippen molar-refractivity contribution in [2.75, 3.05) is 29.2 Å². The van der Waals surface area contributed by atoms with Crippen molar-refractivity contribution in [3.63, 3.8) is 0 Å². The second-order valence-corrected chi connectivity index (χ2v) is 7.10. The number of nitrogens with one attached hydrogen (secondary N) is 2. The second-order valence-electron chi connectivity index (χ2n) is 4.92. The molecule has 9 heteroatoms. The maximum Gasteiger partial charge on any atom is 0.276 e. The molecule has 0 bridgehead atoms. The van der Waals surface area contributed by atoms with Crippen LogP contribution in [0.3, 0.4) is 0 Å². The van der Waals surface area contributed by atoms with E-state index in [0.717, 1.165) is 12.7 Å². The zero-order chi connectivity index (χ0) is 16.0. The van der Waals surface area contributed by atoms with Crippen molar-refractivity contribution in [2.24, 2.45) is 0 Å². The van der Waals surface area contributed by atoms with E-state index in [9.17, 15) is 18.5 Å². The summed E-state index contributed by atoms with van der Waals surface area (Å²) in [5, 5.41) is 16.8. The molecule has 1 rings (SSSR count). The van der Waals surface area contributed by atoms with Gasteiger partial charge in [-0.1, -0.05) is 6.92 Å². The third-order valence-electron chi connectivity index (χ3n) is 2.52. The average Bonchev–Trinajstić information content (AvgIpc) is 2.33. The van der Waals surface area contributed by atoms with Crippen LogP contribution >= 0.6 is 0 Å². The maximum atomic E-state index is 11.2. The summed E-state index contributed by atoms with van der Waals surface area (Å²) in [5.41, 5.74) is -0.0994. The van der Waals surface area contributed by atoms with Gasteiger partial charge in [0, 0.05) is 18.8 Å². The molecule has 1 aromatic rings. The first-order chi connectivity index (χ1) is 9.71. The summed E-state index contributed by atoms with van der Waals surface area (Å²) < 4.78 is 22.5. The summed E-state index contributed by atoms with van der Waals surface area (Å²) in [6.07, 6.45) is 2.00. The number of hydrogen-bond donors (Lipinski definition) is 2. The Morgan fingerprint density at radius 1 is 1.38 bits per heavy atom. The van der Waals surface area contributed by atoms with Gasteiger partial charge in [0.1, 0.15) is 21.5 Å². The molecule has 21 heavy (non-hydrogen) atoms. The molecular weight excluding hydrogens is 296 g/mol. The number of anilines is 2. The highest BCUT2D eigenvalue weighted by molar-refractivity contribution is 7.90. The lowest BCUT2D eigenvalue weighted by atomic mass is 10.3. The molecule has 0 radical (unpaired) electrons. The van der Waals surface area contributed by atoms with Gasteiger partial charge in [0.15, 0.2) is 0 Å². The lowest BCUT2D eigenvalue weighted by molar-refractivity contribution is -0.384. The second kappa shape index (κ2) is 7.21. The summed E-state index contributed by atoms with van der Waals surface area (Å²) in [7, 11) is -3.13. The smallest absolute Gasteiger partial charge is 0.276 e. The van der Waals surface area contributed by atoms with Crippen LogP contribution < -0.4 is 10.6 Å². The van der Waals surface area contributed by atoms with Crippen molar-refractivity contribution >= 4 is 27.2 Å². The summed E-state index contributed by atoms with van der Waals surface area (Å²) in [4.78, 5) is 14.6. The molecule has 1 heterocycles. The van der Waals surface area contributed by atoms with Gasteiger partial charge in [-0.15, -0.1) is 0 Å². The third-order valence-corrected chi connectivity index (χ3v) is 3.63. The molecule has 1 aromatic heterocycles. The highest BCUT2D eigenvalue weighted by Crippen LogP contribution is 2.21. The van der Waals surface area contributed by atoms with E-state index in [4.69, 9.17) is 0 Å². The molecule has 0 spiro atoms. The van der Waals surface area contributed by atoms with Crippen molar-refractivity contribution in [1.82, 2.24) is 4.98 Å². The van der Waals surface area contributed by atoms with E-state index in [-0.39, 0.29) is 17.3 Å². The van der Waals surface area contributed by atoms with Gasteiger partial charge < -0.3 is 10.6 Å². The molecule has 0 saturated heterocycles. The summed E-state index contributed by atoms with van der Waals surface area (Å²) in [5.74, 6) is 0.591. The van der Waals surface area contributed by atoms with Crippen molar-refractivity contribution in [1.29, 1.82) is 0 Å². The normalized spacial score (nSPS) is 12.7. The van der Waals surface area contributed by atoms with Crippen LogP contribution in [-0.4, -0.2) is 42.9 Å². The fraction of sp³-hybridized carbons (Fsp3) is 0.583. The Balaban J connectivity index is 2.94. The van der Waals surface area contributed by atoms with Gasteiger partial charge in [-0.25, -0.2) is 13.4 Å². The van der Waals surface area contributed by atoms with E-state index in [2.05, 4.69) is 15.6 Å². The van der Waals surface area contributed by atoms with Gasteiger partial charge in [-0.3, -0.25) is 10.1 Å². The summed E-state index contributed by atoms with van der Waals surface area (Å²) >= 11 is 0. The fourth-order valence-electron chi connectivity index (χ4n) is 1.79. The Labute approximate surface area is 124 Å². The molecule has 2 N–H and O–H groups in total. The minimum absolute atomic E-state index is 0.0743. The fourth-order valence-corrected chi connectivity index (χ4v) is 2.78. The Kier molecular flexibility index (Phi) is 5.89. The zero-order valence-electron chi connectivity index (χ0n) is 12.3. The van der Waals surface area contributed by atoms with Crippen LogP contribution in [0.2, 0.25) is 0 Å². The van der Waals surface area contributed by atoms with Crippen molar-refractivity contribution < 1.29 is 13.3 Å². The highest BCUT2D eigenvalue weighted by Gasteiger charge is 2.15. The van der Waals surface area contributed by atoms with Crippen LogP contribution in [0.15, 0.2) is 12.1 Å². The van der Waals surface area contributed by atoms with E-state index < -0.39 is 20.8 Å². The lowest BCUT2D eigenvalue weighted by Crippen LogP contribution is -2.25. The van der Waals surface area contributed by atoms with Crippen LogP contribution in [0.25, 0.3) is 0 Å². The van der Waals surface area contributed by atoms with Crippen molar-refractivity contribution in [3.8, 4) is 0 Å². The molecule has 0 saturated carbocycles. The predicted octanol–water partition coefficient (Wildman–Crippen LogP) is 1.66. The molecule has 0 aliphatic rings. The first kappa shape index (κ1) is 17.2. The maximum absolute atomic E-state index is 11.2. The Hall–Kier alpha value is -1.90. The van der Waals surface area contributed by atoms with Crippen LogP contribution in [0, 0.1) is 10.1 Å². The Morgan fingerprint density at radius 2 is 2.00 bits per heavy atom. The van der Waals surface area contributed by atoms with Crippen molar-refractivity contribution in [2.45, 2.75) is 26.3 Å². The quantitative estimate of drug-likeness (QED) is 0.553. The van der Waals surface area contributed by atoms with Gasteiger partial charge >= 0.3 is 0 Å². The molecule has 0 amide bonds. The first-order valence-electron chi connectivity index (χ1n) is 6.56. The minimum atomic E-state index is -3.13. The number of rotatable bonds is 8. The number of hydrogen-bond acceptors (Lipinski definition) is 7. The minimum Gasteiger partial charge on any atom is -0.370 e. The van der Waals surface area contributed by atoms with E-state index in [1.54, 1.807) is 6.92 Å². The monoisotopic (exact) mass is 316 g/mol. The number of sulfone groups is 1. The van der Waals surface area contributed by atoms with Gasteiger partial charge in [0.2, 0.25) is 0 Å². The van der Waals surface area contributed by atoms with E-state index >= 15 is 0 Å². The van der Waals surface area contributed by atoms with Gasteiger partial charge in [-0.2, -0.15) is 0 Å². The number of pyridine rings is 1. The Bertz CT molecular complexity index is 603. The van der Waals surface area contributed by atoms with Crippen LogP contribution in [0.1, 0.15) is 20.3 Å². The van der Waals surface area contributed by atoms with Gasteiger partial charge in [-0.05, 0) is 13.3 Å². The summed E-state index contributed by atoms with van der Waals surface area (Å²) in [6, 6.07) is 2.24. The molecule has 0 aliphatic heterocycles. The molecule has 8 nitrogen and oxygen atoms in total. The molecular formula is C12H20N4O4S. The lowest BCUT2D eigenvalue weighted by Gasteiger charge is -2.14. The number of nitrogens with zero attached hydrogens (tertiary/aromatic N) is 2. The van der Waals surface area contributed by atoms with Crippen molar-refractivity contribution in [3.05, 3.63) is 22.2 Å². The standard InChI is InChI=1S/C12H20N4O4S/c1-4-5-13-11-6-10(16(17)18)7-12(15-11)14-9(2)8-21(3,19)20/h6-7,9H,4-5,8H2,1-3H3,(H2,13,14,15). The molecule has 0 aliphatic carbocycles. The predicted molar refractivity (Wildman–Crippen MR) is 82.5 cm³/mol. The van der Waals surface area contributed by atoms with E-state index in [0.29, 0.717) is 12.4 Å². The highest BCUT2D eigenvalue weighted by atomic mass is 32.2. The average molecular weight is 316 g/mol. The van der Waals surface area contributed by atoms with Crippen LogP contribution in [0.4, 0.5) is 17.3 Å². The number of nitro groups is 1. The Morgan fingerprint density at radius 3 is 2.52 bits per heavy atom. The van der Waals surface area contributed by atoms with E-state index in [1.807, 2.05) is 6.92 Å². The molecule has 1 unspecified atom stereocenters. The molecule has 1 atom stereocenters. The third kappa shape index (κ3) is 6.39. The first-order valence-corrected chi connectivity index (χ1v) is 8.62. The molecule has 0 aromatic carbocycles. The summed E-state index contributed by atoms with van der Waals surface area (Å²) in [6.45, 7) is 4.30. The van der Waals surface area contributed by atoms with Crippen LogP contribution in [-0.2, 0) is 9.84 Å². The topological polar surface area (TPSA) is 114 Å².